The molecule has 2 N–H and O–H groups in total. The summed E-state index contributed by atoms with van der Waals surface area (Å²) in [4.78, 5) is 20.5. The molecule has 0 radical (unpaired) electrons. The van der Waals surface area contributed by atoms with Crippen molar-refractivity contribution in [2.45, 2.75) is 44.6 Å². The number of piperazine rings is 1. The Morgan fingerprint density at radius 1 is 1.16 bits per heavy atom. The maximum atomic E-state index is 11.6. The Balaban J connectivity index is 1.42. The molecule has 0 unspecified atom stereocenters. The summed E-state index contributed by atoms with van der Waals surface area (Å²) >= 11 is 0. The SMILES string of the molecule is NC(=O)c1cccnc1N1CCN(CCOC2CCCCCC2)CC1. The van der Waals surface area contributed by atoms with Gasteiger partial charge in [-0.15, -0.1) is 0 Å². The minimum atomic E-state index is -0.415. The van der Waals surface area contributed by atoms with Crippen molar-refractivity contribution in [3.63, 3.8) is 0 Å². The molecule has 3 rings (SSSR count). The molecule has 6 heteroatoms. The Kier molecular flexibility index (Phi) is 6.64. The molecule has 2 aliphatic rings. The average molecular weight is 346 g/mol. The van der Waals surface area contributed by atoms with E-state index in [2.05, 4.69) is 14.8 Å². The van der Waals surface area contributed by atoms with Crippen LogP contribution < -0.4 is 10.6 Å². The monoisotopic (exact) mass is 346 g/mol. The van der Waals surface area contributed by atoms with Crippen LogP contribution in [0.3, 0.4) is 0 Å². The van der Waals surface area contributed by atoms with Crippen LogP contribution in [0.5, 0.6) is 0 Å². The Morgan fingerprint density at radius 2 is 1.88 bits per heavy atom. The van der Waals surface area contributed by atoms with Crippen molar-refractivity contribution in [2.24, 2.45) is 5.73 Å². The average Bonchev–Trinajstić information content (AvgIpc) is 2.91. The number of hydrogen-bond donors (Lipinski definition) is 1. The van der Waals surface area contributed by atoms with E-state index < -0.39 is 5.91 Å². The van der Waals surface area contributed by atoms with Gasteiger partial charge >= 0.3 is 0 Å². The second-order valence-electron chi connectivity index (χ2n) is 7.05. The van der Waals surface area contributed by atoms with Gasteiger partial charge in [0.15, 0.2) is 0 Å². The van der Waals surface area contributed by atoms with Gasteiger partial charge < -0.3 is 15.4 Å². The molecule has 2 fully saturated rings. The van der Waals surface area contributed by atoms with E-state index in [9.17, 15) is 4.79 Å². The second kappa shape index (κ2) is 9.15. The van der Waals surface area contributed by atoms with Gasteiger partial charge in [-0.2, -0.15) is 0 Å². The zero-order valence-electron chi connectivity index (χ0n) is 15.0. The number of nitrogens with two attached hydrogens (primary N) is 1. The van der Waals surface area contributed by atoms with Gasteiger partial charge in [-0.1, -0.05) is 25.7 Å². The molecule has 0 bridgehead atoms. The Morgan fingerprint density at radius 3 is 2.56 bits per heavy atom. The number of pyridine rings is 1. The van der Waals surface area contributed by atoms with Gasteiger partial charge in [0.2, 0.25) is 0 Å². The van der Waals surface area contributed by atoms with Crippen LogP contribution in [0.4, 0.5) is 5.82 Å². The van der Waals surface area contributed by atoms with Crippen LogP contribution in [0, 0.1) is 0 Å². The lowest BCUT2D eigenvalue weighted by Crippen LogP contribution is -2.48. The molecule has 1 aromatic rings. The molecule has 1 saturated carbocycles. The first-order valence-electron chi connectivity index (χ1n) is 9.58. The van der Waals surface area contributed by atoms with Crippen LogP contribution in [0.15, 0.2) is 18.3 Å². The van der Waals surface area contributed by atoms with E-state index in [-0.39, 0.29) is 0 Å². The second-order valence-corrected chi connectivity index (χ2v) is 7.05. The minimum absolute atomic E-state index is 0.415. The van der Waals surface area contributed by atoms with E-state index in [0.29, 0.717) is 17.5 Å². The maximum absolute atomic E-state index is 11.6. The van der Waals surface area contributed by atoms with Crippen LogP contribution >= 0.6 is 0 Å². The summed E-state index contributed by atoms with van der Waals surface area (Å²) in [5.74, 6) is 0.298. The molecule has 1 amide bonds. The number of amides is 1. The van der Waals surface area contributed by atoms with Crippen molar-refractivity contribution >= 4 is 11.7 Å². The number of ether oxygens (including phenoxy) is 1. The number of nitrogens with zero attached hydrogens (tertiary/aromatic N) is 3. The van der Waals surface area contributed by atoms with Gasteiger partial charge in [0.1, 0.15) is 5.82 Å². The largest absolute Gasteiger partial charge is 0.377 e. The Bertz CT molecular complexity index is 550. The zero-order valence-corrected chi connectivity index (χ0v) is 15.0. The summed E-state index contributed by atoms with van der Waals surface area (Å²) in [6.07, 6.45) is 9.99. The highest BCUT2D eigenvalue weighted by Crippen LogP contribution is 2.20. The predicted molar refractivity (Wildman–Crippen MR) is 98.8 cm³/mol. The van der Waals surface area contributed by atoms with Gasteiger partial charge in [0.05, 0.1) is 18.3 Å². The van der Waals surface area contributed by atoms with Crippen LogP contribution in [-0.2, 0) is 4.74 Å². The van der Waals surface area contributed by atoms with E-state index >= 15 is 0 Å². The number of carbonyl (C=O) groups is 1. The lowest BCUT2D eigenvalue weighted by Gasteiger charge is -2.36. The standard InChI is InChI=1S/C19H30N4O2/c20-18(24)17-8-5-9-21-19(17)23-12-10-22(11-13-23)14-15-25-16-6-3-1-2-4-7-16/h5,8-9,16H,1-4,6-7,10-15H2,(H2,20,24). The number of primary amides is 1. The maximum Gasteiger partial charge on any atom is 0.252 e. The molecule has 6 nitrogen and oxygen atoms in total. The topological polar surface area (TPSA) is 71.7 Å². The third kappa shape index (κ3) is 5.16. The fraction of sp³-hybridized carbons (Fsp3) is 0.684. The van der Waals surface area contributed by atoms with Crippen LogP contribution in [0.2, 0.25) is 0 Å². The highest BCUT2D eigenvalue weighted by atomic mass is 16.5. The van der Waals surface area contributed by atoms with E-state index in [4.69, 9.17) is 10.5 Å². The Labute approximate surface area is 150 Å². The highest BCUT2D eigenvalue weighted by molar-refractivity contribution is 5.97. The number of anilines is 1. The fourth-order valence-electron chi connectivity index (χ4n) is 3.78. The van der Waals surface area contributed by atoms with Gasteiger partial charge in [-0.25, -0.2) is 4.98 Å². The number of rotatable bonds is 6. The van der Waals surface area contributed by atoms with Crippen molar-refractivity contribution in [1.82, 2.24) is 9.88 Å². The smallest absolute Gasteiger partial charge is 0.252 e. The summed E-state index contributed by atoms with van der Waals surface area (Å²) in [6.45, 7) is 5.45. The Hall–Kier alpha value is -1.66. The third-order valence-corrected chi connectivity index (χ3v) is 5.29. The lowest BCUT2D eigenvalue weighted by atomic mass is 10.1. The van der Waals surface area contributed by atoms with Crippen molar-refractivity contribution in [1.29, 1.82) is 0 Å². The number of carbonyl (C=O) groups excluding carboxylic acids is 1. The summed E-state index contributed by atoms with van der Waals surface area (Å²) in [5, 5.41) is 0. The van der Waals surface area contributed by atoms with Crippen LogP contribution in [0.1, 0.15) is 48.9 Å². The molecule has 1 saturated heterocycles. The van der Waals surface area contributed by atoms with Gasteiger partial charge in [-0.05, 0) is 25.0 Å². The molecule has 1 aliphatic carbocycles. The molecule has 2 heterocycles. The molecule has 138 valence electrons. The summed E-state index contributed by atoms with van der Waals surface area (Å²) < 4.78 is 6.10. The quantitative estimate of drug-likeness (QED) is 0.798. The van der Waals surface area contributed by atoms with Gasteiger partial charge in [-0.3, -0.25) is 9.69 Å². The molecular formula is C19H30N4O2. The first-order chi connectivity index (χ1) is 12.2. The van der Waals surface area contributed by atoms with E-state index in [0.717, 1.165) is 39.3 Å². The molecule has 1 aliphatic heterocycles. The van der Waals surface area contributed by atoms with Crippen molar-refractivity contribution in [3.8, 4) is 0 Å². The van der Waals surface area contributed by atoms with Gasteiger partial charge in [0, 0.05) is 38.9 Å². The zero-order chi connectivity index (χ0) is 17.5. The van der Waals surface area contributed by atoms with Crippen molar-refractivity contribution in [3.05, 3.63) is 23.9 Å². The number of hydrogen-bond acceptors (Lipinski definition) is 5. The molecule has 0 spiro atoms. The highest BCUT2D eigenvalue weighted by Gasteiger charge is 2.22. The van der Waals surface area contributed by atoms with Gasteiger partial charge in [0.25, 0.3) is 5.91 Å². The first-order valence-corrected chi connectivity index (χ1v) is 9.58. The molecule has 0 atom stereocenters. The fourth-order valence-corrected chi connectivity index (χ4v) is 3.78. The van der Waals surface area contributed by atoms with Crippen molar-refractivity contribution < 1.29 is 9.53 Å². The van der Waals surface area contributed by atoms with Crippen molar-refractivity contribution in [2.75, 3.05) is 44.2 Å². The van der Waals surface area contributed by atoms with Crippen LogP contribution in [-0.4, -0.2) is 61.2 Å². The summed E-state index contributed by atoms with van der Waals surface area (Å²) in [7, 11) is 0. The van der Waals surface area contributed by atoms with E-state index in [1.807, 2.05) is 0 Å². The van der Waals surface area contributed by atoms with E-state index in [1.54, 1.807) is 18.3 Å². The first kappa shape index (κ1) is 18.1. The predicted octanol–water partition coefficient (Wildman–Crippen LogP) is 2.04. The van der Waals surface area contributed by atoms with E-state index in [1.165, 1.54) is 38.5 Å². The number of aromatic nitrogens is 1. The molecule has 25 heavy (non-hydrogen) atoms. The molecule has 1 aromatic heterocycles. The summed E-state index contributed by atoms with van der Waals surface area (Å²) in [6, 6.07) is 3.50. The normalized spacial score (nSPS) is 20.4. The third-order valence-electron chi connectivity index (χ3n) is 5.29. The molecular weight excluding hydrogens is 316 g/mol. The van der Waals surface area contributed by atoms with Crippen LogP contribution in [0.25, 0.3) is 0 Å². The molecule has 0 aromatic carbocycles. The minimum Gasteiger partial charge on any atom is -0.377 e. The summed E-state index contributed by atoms with van der Waals surface area (Å²) in [5.41, 5.74) is 5.97. The lowest BCUT2D eigenvalue weighted by molar-refractivity contribution is 0.0281.